The van der Waals surface area contributed by atoms with Crippen LogP contribution in [-0.4, -0.2) is 88.2 Å². The van der Waals surface area contributed by atoms with Crippen LogP contribution in [0.15, 0.2) is 48.8 Å². The van der Waals surface area contributed by atoms with Crippen LogP contribution in [0.2, 0.25) is 0 Å². The average Bonchev–Trinajstić information content (AvgIpc) is 4.13. The number of carbonyl (C=O) groups excluding carboxylic acids is 4. The zero-order valence-corrected chi connectivity index (χ0v) is 34.2. The lowest BCUT2D eigenvalue weighted by Crippen LogP contribution is -2.51. The Morgan fingerprint density at radius 1 is 0.733 bits per heavy atom. The van der Waals surface area contributed by atoms with E-state index >= 15 is 0 Å². The van der Waals surface area contributed by atoms with Crippen LogP contribution in [-0.2, 0) is 25.5 Å². The first-order valence-corrected chi connectivity index (χ1v) is 21.3. The summed E-state index contributed by atoms with van der Waals surface area (Å²) in [4.78, 5) is 68.9. The number of nitrogens with zero attached hydrogens (tertiary/aromatic N) is 3. The number of amides is 4. The van der Waals surface area contributed by atoms with Gasteiger partial charge < -0.3 is 49.8 Å². The van der Waals surface area contributed by atoms with Crippen molar-refractivity contribution in [3.05, 3.63) is 60.4 Å². The molecule has 0 spiro atoms. The van der Waals surface area contributed by atoms with Crippen molar-refractivity contribution in [1.82, 2.24) is 40.8 Å². The minimum absolute atomic E-state index is 0.0857. The first kappa shape index (κ1) is 40.7. The highest BCUT2D eigenvalue weighted by Crippen LogP contribution is 2.48. The number of hydrogen-bond acceptors (Lipinski definition) is 10. The van der Waals surface area contributed by atoms with Gasteiger partial charge in [-0.3, -0.25) is 9.59 Å². The zero-order valence-electron chi connectivity index (χ0n) is 34.2. The fraction of sp³-hybridized carbons (Fsp3) is 0.500. The third-order valence-corrected chi connectivity index (χ3v) is 12.4. The van der Waals surface area contributed by atoms with Crippen molar-refractivity contribution in [1.29, 1.82) is 0 Å². The van der Waals surface area contributed by atoms with Gasteiger partial charge in [0.25, 0.3) is 0 Å². The summed E-state index contributed by atoms with van der Waals surface area (Å²) in [5, 5.41) is 8.54. The van der Waals surface area contributed by atoms with Gasteiger partial charge >= 0.3 is 12.2 Å². The normalized spacial score (nSPS) is 18.4. The predicted molar refractivity (Wildman–Crippen MR) is 220 cm³/mol. The van der Waals surface area contributed by atoms with E-state index in [2.05, 4.69) is 30.9 Å². The van der Waals surface area contributed by atoms with E-state index in [1.54, 1.807) is 12.4 Å². The molecule has 2 aromatic carbocycles. The first-order valence-electron chi connectivity index (χ1n) is 21.3. The Bertz CT molecular complexity index is 2170. The summed E-state index contributed by atoms with van der Waals surface area (Å²) in [5.41, 5.74) is 3.40. The van der Waals surface area contributed by atoms with Crippen LogP contribution in [0, 0.1) is 11.8 Å². The average molecular weight is 823 g/mol. The van der Waals surface area contributed by atoms with Crippen molar-refractivity contribution in [2.75, 3.05) is 27.3 Å². The number of rotatable bonds is 14. The summed E-state index contributed by atoms with van der Waals surface area (Å²) < 4.78 is 22.3. The maximum absolute atomic E-state index is 13.9. The Morgan fingerprint density at radius 2 is 1.32 bits per heavy atom. The minimum atomic E-state index is -0.618. The molecule has 4 heterocycles. The van der Waals surface area contributed by atoms with E-state index in [0.717, 1.165) is 105 Å². The van der Waals surface area contributed by atoms with E-state index in [1.807, 2.05) is 41.3 Å². The molecule has 3 fully saturated rings. The van der Waals surface area contributed by atoms with Gasteiger partial charge in [-0.15, -0.1) is 0 Å². The second-order valence-electron chi connectivity index (χ2n) is 16.2. The molecule has 318 valence electrons. The summed E-state index contributed by atoms with van der Waals surface area (Å²) >= 11 is 0. The summed E-state index contributed by atoms with van der Waals surface area (Å²) in [5.74, 6) is 3.86. The molecule has 4 aliphatic rings. The van der Waals surface area contributed by atoms with Gasteiger partial charge in [-0.25, -0.2) is 19.6 Å². The van der Waals surface area contributed by atoms with E-state index in [0.29, 0.717) is 48.3 Å². The van der Waals surface area contributed by atoms with Crippen molar-refractivity contribution in [3.8, 4) is 45.5 Å². The Kier molecular flexibility index (Phi) is 12.5. The summed E-state index contributed by atoms with van der Waals surface area (Å²) in [6.45, 7) is 1.11. The van der Waals surface area contributed by atoms with Gasteiger partial charge in [-0.2, -0.15) is 0 Å². The highest BCUT2D eigenvalue weighted by atomic mass is 16.6. The molecule has 3 unspecified atom stereocenters. The summed E-state index contributed by atoms with van der Waals surface area (Å²) in [6, 6.07) is 10.1. The largest absolute Gasteiger partial charge is 0.453 e. The van der Waals surface area contributed by atoms with Gasteiger partial charge in [0.1, 0.15) is 23.7 Å². The van der Waals surface area contributed by atoms with E-state index in [9.17, 15) is 19.2 Å². The second-order valence-corrected chi connectivity index (χ2v) is 16.2. The van der Waals surface area contributed by atoms with Gasteiger partial charge in [0.2, 0.25) is 11.8 Å². The number of aromatic amines is 2. The molecule has 60 heavy (non-hydrogen) atoms. The third-order valence-electron chi connectivity index (χ3n) is 12.4. The number of aryl methyl sites for hydroxylation is 1. The molecule has 2 saturated carbocycles. The molecule has 16 heteroatoms. The van der Waals surface area contributed by atoms with Gasteiger partial charge in [-0.1, -0.05) is 25.7 Å². The molecule has 1 saturated heterocycles. The molecule has 2 aliphatic heterocycles. The van der Waals surface area contributed by atoms with Crippen LogP contribution < -0.4 is 25.4 Å². The van der Waals surface area contributed by atoms with E-state index in [-0.39, 0.29) is 29.7 Å². The number of unbranched alkanes of at least 4 members (excludes halogenated alkanes) is 1. The van der Waals surface area contributed by atoms with Crippen molar-refractivity contribution in [2.45, 2.75) is 102 Å². The number of fused-ring (bicyclic) bond motifs is 2. The number of aromatic nitrogens is 4. The molecular formula is C44H54N8O8. The maximum Gasteiger partial charge on any atom is 0.407 e. The highest BCUT2D eigenvalue weighted by molar-refractivity contribution is 5.87. The zero-order chi connectivity index (χ0) is 41.6. The summed E-state index contributed by atoms with van der Waals surface area (Å²) in [7, 11) is 2.62. The van der Waals surface area contributed by atoms with E-state index < -0.39 is 24.3 Å². The molecule has 2 aliphatic carbocycles. The molecule has 8 rings (SSSR count). The van der Waals surface area contributed by atoms with Crippen molar-refractivity contribution in [3.63, 3.8) is 0 Å². The number of imidazole rings is 2. The maximum atomic E-state index is 13.9. The molecule has 16 nitrogen and oxygen atoms in total. The smallest absolute Gasteiger partial charge is 0.407 e. The molecule has 4 amide bonds. The molecule has 0 bridgehead atoms. The predicted octanol–water partition coefficient (Wildman–Crippen LogP) is 7.30. The SMILES string of the molecule is COC(=O)NC(C(=O)NCCCCc1ncc(-c2ccc3c(c2)Oc2ccc(-c4cnc(C5CCCN5C(=O)C(NC(=O)OC)C5CCCC5)[nH]4)cc2O3)[nH]1)C1CCCC1. The lowest BCUT2D eigenvalue weighted by Gasteiger charge is -2.31. The quantitative estimate of drug-likeness (QED) is 0.0708. The fourth-order valence-corrected chi connectivity index (χ4v) is 9.17. The number of carbonyl (C=O) groups is 4. The second kappa shape index (κ2) is 18.5. The summed E-state index contributed by atoms with van der Waals surface area (Å²) in [6.07, 6.45) is 14.2. The van der Waals surface area contributed by atoms with Gasteiger partial charge in [0, 0.05) is 30.6 Å². The van der Waals surface area contributed by atoms with Gasteiger partial charge in [0.15, 0.2) is 23.0 Å². The van der Waals surface area contributed by atoms with Gasteiger partial charge in [-0.05, 0) is 99.6 Å². The van der Waals surface area contributed by atoms with Crippen LogP contribution in [0.5, 0.6) is 23.0 Å². The molecule has 2 aromatic heterocycles. The van der Waals surface area contributed by atoms with E-state index in [1.165, 1.54) is 14.2 Å². The highest BCUT2D eigenvalue weighted by Gasteiger charge is 2.40. The molecule has 4 aromatic rings. The lowest BCUT2D eigenvalue weighted by atomic mass is 9.96. The fourth-order valence-electron chi connectivity index (χ4n) is 9.17. The molecule has 3 atom stereocenters. The Labute approximate surface area is 348 Å². The van der Waals surface area contributed by atoms with Crippen LogP contribution in [0.3, 0.4) is 0 Å². The monoisotopic (exact) mass is 822 g/mol. The Balaban J connectivity index is 0.852. The van der Waals surface area contributed by atoms with Gasteiger partial charge in [0.05, 0.1) is 44.0 Å². The molecule has 0 radical (unpaired) electrons. The minimum Gasteiger partial charge on any atom is -0.453 e. The number of nitrogens with one attached hydrogen (secondary N) is 5. The number of benzene rings is 2. The number of hydrogen-bond donors (Lipinski definition) is 5. The first-order chi connectivity index (χ1) is 29.3. The standard InChI is InChI=1S/C44H54N8O8/c1-57-43(55)50-38(26-10-3-4-11-26)41(53)45-20-8-7-15-37-46-24-30(48-37)28-16-18-33-35(22-28)59-34-19-17-29(23-36(34)60-33)31-25-47-40(49-31)32-14-9-21-52(32)42(54)39(51-44(56)58-2)27-12-5-6-13-27/h16-19,22-27,32,38-39H,3-15,20-21H2,1-2H3,(H,45,53)(H,46,48)(H,47,49)(H,50,55)(H,51,56). The van der Waals surface area contributed by atoms with E-state index in [4.69, 9.17) is 23.9 Å². The van der Waals surface area contributed by atoms with Crippen molar-refractivity contribution < 1.29 is 38.1 Å². The van der Waals surface area contributed by atoms with Crippen LogP contribution in [0.25, 0.3) is 22.5 Å². The van der Waals surface area contributed by atoms with Crippen LogP contribution in [0.4, 0.5) is 9.59 Å². The number of likely N-dealkylation sites (tertiary alicyclic amines) is 1. The number of alkyl carbamates (subject to hydrolysis) is 2. The lowest BCUT2D eigenvalue weighted by molar-refractivity contribution is -0.135. The number of methoxy groups -OCH3 is 2. The van der Waals surface area contributed by atoms with Crippen LogP contribution in [0.1, 0.15) is 94.7 Å². The topological polar surface area (TPSA) is 202 Å². The Morgan fingerprint density at radius 3 is 1.95 bits per heavy atom. The van der Waals surface area contributed by atoms with Crippen molar-refractivity contribution >= 4 is 24.0 Å². The van der Waals surface area contributed by atoms with Crippen molar-refractivity contribution in [2.24, 2.45) is 11.8 Å². The number of ether oxygens (including phenoxy) is 4. The third kappa shape index (κ3) is 9.06. The molecular weight excluding hydrogens is 769 g/mol. The number of H-pyrrole nitrogens is 2. The molecule has 5 N–H and O–H groups in total. The Hall–Kier alpha value is -6.06. The van der Waals surface area contributed by atoms with Crippen LogP contribution >= 0.6 is 0 Å².